The highest BCUT2D eigenvalue weighted by atomic mass is 19.4. The second kappa shape index (κ2) is 11.2. The van der Waals surface area contributed by atoms with E-state index in [0.29, 0.717) is 23.1 Å². The third-order valence-electron chi connectivity index (χ3n) is 6.53. The minimum atomic E-state index is -5.12. The van der Waals surface area contributed by atoms with Crippen LogP contribution in [-0.2, 0) is 38.3 Å². The second-order valence-corrected chi connectivity index (χ2v) is 9.17. The molecule has 4 rings (SSSR count). The number of hydrogen-bond donors (Lipinski definition) is 0. The fraction of sp³-hybridized carbons (Fsp3) is 0.226. The van der Waals surface area contributed by atoms with Crippen LogP contribution in [0.5, 0.6) is 0 Å². The van der Waals surface area contributed by atoms with E-state index in [2.05, 4.69) is 30.8 Å². The van der Waals surface area contributed by atoms with Crippen molar-refractivity contribution in [2.24, 2.45) is 0 Å². The molecule has 0 aliphatic rings. The SMILES string of the molecule is C=CCCc1ccc(CCc2ccc3c(F)c(CCc4cc(F)c(C(F)(F)F)c(F)c4)ccc3c2)cc1. The molecule has 0 N–H and O–H groups in total. The Bertz CT molecular complexity index is 1380. The predicted molar refractivity (Wildman–Crippen MR) is 135 cm³/mol. The summed E-state index contributed by atoms with van der Waals surface area (Å²) >= 11 is 0. The van der Waals surface area contributed by atoms with Crippen LogP contribution in [0, 0.1) is 17.5 Å². The van der Waals surface area contributed by atoms with Crippen LogP contribution < -0.4 is 0 Å². The van der Waals surface area contributed by atoms with Crippen molar-refractivity contribution in [2.75, 3.05) is 0 Å². The molecule has 0 radical (unpaired) electrons. The van der Waals surface area contributed by atoms with Crippen molar-refractivity contribution >= 4 is 10.8 Å². The van der Waals surface area contributed by atoms with E-state index in [1.807, 2.05) is 18.2 Å². The number of aryl methyl sites for hydroxylation is 5. The van der Waals surface area contributed by atoms with E-state index in [4.69, 9.17) is 0 Å². The molecule has 0 spiro atoms. The minimum absolute atomic E-state index is 0.00112. The molecule has 0 bridgehead atoms. The normalized spacial score (nSPS) is 11.7. The van der Waals surface area contributed by atoms with Crippen molar-refractivity contribution in [3.05, 3.63) is 130 Å². The zero-order valence-corrected chi connectivity index (χ0v) is 20.1. The Labute approximate surface area is 212 Å². The molecule has 0 nitrogen and oxygen atoms in total. The second-order valence-electron chi connectivity index (χ2n) is 9.17. The Hall–Kier alpha value is -3.54. The van der Waals surface area contributed by atoms with Gasteiger partial charge in [0.05, 0.1) is 0 Å². The fourth-order valence-corrected chi connectivity index (χ4v) is 4.48. The van der Waals surface area contributed by atoms with Crippen molar-refractivity contribution in [3.63, 3.8) is 0 Å². The van der Waals surface area contributed by atoms with Crippen LogP contribution in [-0.4, -0.2) is 0 Å². The number of allylic oxidation sites excluding steroid dienone is 1. The Morgan fingerprint density at radius 1 is 0.622 bits per heavy atom. The van der Waals surface area contributed by atoms with Crippen LogP contribution in [0.15, 0.2) is 79.4 Å². The topological polar surface area (TPSA) is 0 Å². The van der Waals surface area contributed by atoms with E-state index in [9.17, 15) is 22.0 Å². The van der Waals surface area contributed by atoms with Crippen LogP contribution in [0.1, 0.15) is 39.8 Å². The smallest absolute Gasteiger partial charge is 0.206 e. The zero-order chi connectivity index (χ0) is 26.6. The van der Waals surface area contributed by atoms with Gasteiger partial charge in [0, 0.05) is 5.39 Å². The molecule has 0 unspecified atom stereocenters. The molecular formula is C31H26F6. The van der Waals surface area contributed by atoms with E-state index in [1.54, 1.807) is 18.2 Å². The molecule has 0 amide bonds. The lowest BCUT2D eigenvalue weighted by Crippen LogP contribution is -2.12. The first kappa shape index (κ1) is 26.5. The molecular weight excluding hydrogens is 486 g/mol. The summed E-state index contributed by atoms with van der Waals surface area (Å²) in [5, 5.41) is 1.17. The van der Waals surface area contributed by atoms with Crippen molar-refractivity contribution < 1.29 is 26.3 Å². The van der Waals surface area contributed by atoms with Crippen molar-refractivity contribution in [1.29, 1.82) is 0 Å². The standard InChI is InChI=1S/C31H26F6/c1-2-3-4-20-5-7-21(8-6-20)9-10-22-12-16-26-25(17-22)15-14-24(30(26)34)13-11-23-18-27(32)29(28(33)19-23)31(35,36)37/h2,5-8,12,14-19H,1,3-4,9-11,13H2. The molecule has 0 saturated heterocycles. The summed E-state index contributed by atoms with van der Waals surface area (Å²) in [6.07, 6.45) is 0.452. The molecule has 37 heavy (non-hydrogen) atoms. The quantitative estimate of drug-likeness (QED) is 0.155. The predicted octanol–water partition coefficient (Wildman–Crippen LogP) is 8.96. The van der Waals surface area contributed by atoms with Gasteiger partial charge in [-0.1, -0.05) is 60.7 Å². The number of benzene rings is 4. The lowest BCUT2D eigenvalue weighted by molar-refractivity contribution is -0.142. The highest BCUT2D eigenvalue weighted by molar-refractivity contribution is 5.84. The van der Waals surface area contributed by atoms with Gasteiger partial charge in [-0.25, -0.2) is 13.2 Å². The Balaban J connectivity index is 1.43. The van der Waals surface area contributed by atoms with Gasteiger partial charge in [0.15, 0.2) is 0 Å². The van der Waals surface area contributed by atoms with E-state index in [0.717, 1.165) is 36.6 Å². The van der Waals surface area contributed by atoms with Crippen LogP contribution in [0.2, 0.25) is 0 Å². The Morgan fingerprint density at radius 3 is 1.81 bits per heavy atom. The highest BCUT2D eigenvalue weighted by Gasteiger charge is 2.37. The first-order chi connectivity index (χ1) is 17.7. The van der Waals surface area contributed by atoms with E-state index < -0.39 is 29.2 Å². The van der Waals surface area contributed by atoms with Crippen LogP contribution in [0.4, 0.5) is 26.3 Å². The third kappa shape index (κ3) is 6.43. The zero-order valence-electron chi connectivity index (χ0n) is 20.1. The summed E-state index contributed by atoms with van der Waals surface area (Å²) in [7, 11) is 0. The molecule has 0 fully saturated rings. The lowest BCUT2D eigenvalue weighted by atomic mass is 9.96. The van der Waals surface area contributed by atoms with Crippen molar-refractivity contribution in [3.8, 4) is 0 Å². The largest absolute Gasteiger partial charge is 0.422 e. The maximum Gasteiger partial charge on any atom is 0.422 e. The number of hydrogen-bond acceptors (Lipinski definition) is 0. The summed E-state index contributed by atoms with van der Waals surface area (Å²) in [6, 6.07) is 18.8. The van der Waals surface area contributed by atoms with Gasteiger partial charge in [-0.2, -0.15) is 13.2 Å². The molecule has 0 atom stereocenters. The molecule has 192 valence electrons. The summed E-state index contributed by atoms with van der Waals surface area (Å²) in [6.45, 7) is 3.75. The van der Waals surface area contributed by atoms with Gasteiger partial charge in [0.2, 0.25) is 0 Å². The highest BCUT2D eigenvalue weighted by Crippen LogP contribution is 2.34. The number of halogens is 6. The monoisotopic (exact) mass is 512 g/mol. The van der Waals surface area contributed by atoms with E-state index in [-0.39, 0.29) is 18.4 Å². The van der Waals surface area contributed by atoms with Gasteiger partial charge in [0.1, 0.15) is 23.0 Å². The van der Waals surface area contributed by atoms with Crippen molar-refractivity contribution in [1.82, 2.24) is 0 Å². The number of alkyl halides is 3. The maximum absolute atomic E-state index is 15.2. The number of rotatable bonds is 9. The minimum Gasteiger partial charge on any atom is -0.206 e. The average Bonchev–Trinajstić information content (AvgIpc) is 2.85. The van der Waals surface area contributed by atoms with Crippen molar-refractivity contribution in [2.45, 2.75) is 44.7 Å². The van der Waals surface area contributed by atoms with Gasteiger partial charge in [-0.15, -0.1) is 6.58 Å². The summed E-state index contributed by atoms with van der Waals surface area (Å²) in [5.74, 6) is -3.78. The molecule has 0 aliphatic heterocycles. The molecule has 6 heteroatoms. The third-order valence-corrected chi connectivity index (χ3v) is 6.53. The summed E-state index contributed by atoms with van der Waals surface area (Å²) in [5.41, 5.74) is 2.02. The molecule has 0 heterocycles. The van der Waals surface area contributed by atoms with E-state index in [1.165, 1.54) is 11.1 Å². The first-order valence-corrected chi connectivity index (χ1v) is 12.1. The average molecular weight is 513 g/mol. The summed E-state index contributed by atoms with van der Waals surface area (Å²) < 4.78 is 81.2. The van der Waals surface area contributed by atoms with Gasteiger partial charge in [-0.05, 0) is 83.9 Å². The van der Waals surface area contributed by atoms with Gasteiger partial charge in [0.25, 0.3) is 0 Å². The molecule has 0 aliphatic carbocycles. The number of fused-ring (bicyclic) bond motifs is 1. The van der Waals surface area contributed by atoms with Crippen LogP contribution in [0.25, 0.3) is 10.8 Å². The lowest BCUT2D eigenvalue weighted by Gasteiger charge is -2.12. The van der Waals surface area contributed by atoms with Gasteiger partial charge >= 0.3 is 6.18 Å². The van der Waals surface area contributed by atoms with E-state index >= 15 is 4.39 Å². The first-order valence-electron chi connectivity index (χ1n) is 12.1. The molecule has 4 aromatic rings. The molecule has 0 aromatic heterocycles. The van der Waals surface area contributed by atoms with Gasteiger partial charge in [-0.3, -0.25) is 0 Å². The van der Waals surface area contributed by atoms with Gasteiger partial charge < -0.3 is 0 Å². The molecule has 0 saturated carbocycles. The van der Waals surface area contributed by atoms with Crippen LogP contribution >= 0.6 is 0 Å². The Kier molecular flexibility index (Phi) is 8.06. The molecule has 4 aromatic carbocycles. The summed E-state index contributed by atoms with van der Waals surface area (Å²) in [4.78, 5) is 0. The fourth-order valence-electron chi connectivity index (χ4n) is 4.48. The maximum atomic E-state index is 15.2. The Morgan fingerprint density at radius 2 is 1.19 bits per heavy atom. The van der Waals surface area contributed by atoms with Crippen LogP contribution in [0.3, 0.4) is 0 Å².